The number of aliphatic hydroxyl groups excluding tert-OH is 1. The molecule has 4 atom stereocenters. The van der Waals surface area contributed by atoms with Gasteiger partial charge in [0, 0.05) is 28.3 Å². The number of aromatic hydroxyl groups is 2. The minimum atomic E-state index is -0.679. The van der Waals surface area contributed by atoms with Gasteiger partial charge in [-0.25, -0.2) is 0 Å². The molecule has 0 radical (unpaired) electrons. The van der Waals surface area contributed by atoms with E-state index in [-0.39, 0.29) is 39.8 Å². The number of hydrogen-bond acceptors (Lipinski definition) is 7. The second kappa shape index (κ2) is 7.19. The molecular weight excluding hydrogens is 386 g/mol. The maximum Gasteiger partial charge on any atom is 0.198 e. The SMILES string of the molecule is Cc1cc(O)cc2c1C(=O)c1c(ccc([C@H]3C[C@@H](N(C)C)[C@H](O)[C@@H](C)O3)c1O)C2=O. The second-order valence-electron chi connectivity index (χ2n) is 8.36. The average molecular weight is 411 g/mol. The van der Waals surface area contributed by atoms with Crippen molar-refractivity contribution < 1.29 is 29.6 Å². The highest BCUT2D eigenvalue weighted by Gasteiger charge is 2.40. The van der Waals surface area contributed by atoms with Crippen LogP contribution in [0, 0.1) is 6.92 Å². The van der Waals surface area contributed by atoms with Crippen LogP contribution >= 0.6 is 0 Å². The normalized spacial score (nSPS) is 25.9. The number of phenolic OH excluding ortho intramolecular Hbond substituents is 2. The van der Waals surface area contributed by atoms with Crippen LogP contribution in [-0.4, -0.2) is 64.1 Å². The van der Waals surface area contributed by atoms with Gasteiger partial charge in [-0.3, -0.25) is 9.59 Å². The number of phenols is 2. The van der Waals surface area contributed by atoms with E-state index in [0.717, 1.165) is 0 Å². The quantitative estimate of drug-likeness (QED) is 0.594. The van der Waals surface area contributed by atoms with Gasteiger partial charge in [-0.2, -0.15) is 0 Å². The fourth-order valence-corrected chi connectivity index (χ4v) is 4.59. The maximum atomic E-state index is 13.2. The molecule has 2 aromatic carbocycles. The number of benzene rings is 2. The van der Waals surface area contributed by atoms with E-state index in [9.17, 15) is 24.9 Å². The van der Waals surface area contributed by atoms with Crippen LogP contribution in [0.5, 0.6) is 11.5 Å². The molecule has 0 spiro atoms. The third-order valence-electron chi connectivity index (χ3n) is 6.19. The van der Waals surface area contributed by atoms with Crippen LogP contribution in [0.1, 0.15) is 62.4 Å². The molecule has 1 aliphatic heterocycles. The summed E-state index contributed by atoms with van der Waals surface area (Å²) >= 11 is 0. The summed E-state index contributed by atoms with van der Waals surface area (Å²) in [5.74, 6) is -1.23. The van der Waals surface area contributed by atoms with Crippen LogP contribution in [0.4, 0.5) is 0 Å². The van der Waals surface area contributed by atoms with Crippen LogP contribution in [0.3, 0.4) is 0 Å². The minimum absolute atomic E-state index is 0.0393. The Morgan fingerprint density at radius 3 is 2.40 bits per heavy atom. The lowest BCUT2D eigenvalue weighted by atomic mass is 9.79. The maximum absolute atomic E-state index is 13.2. The molecule has 0 unspecified atom stereocenters. The largest absolute Gasteiger partial charge is 0.508 e. The van der Waals surface area contributed by atoms with Crippen LogP contribution < -0.4 is 0 Å². The number of hydrogen-bond donors (Lipinski definition) is 3. The van der Waals surface area contributed by atoms with Crippen molar-refractivity contribution in [2.45, 2.75) is 44.6 Å². The van der Waals surface area contributed by atoms with Crippen molar-refractivity contribution in [1.82, 2.24) is 4.90 Å². The number of carbonyl (C=O) groups excluding carboxylic acids is 2. The number of aryl methyl sites for hydroxylation is 1. The van der Waals surface area contributed by atoms with Crippen LogP contribution in [0.2, 0.25) is 0 Å². The average Bonchev–Trinajstić information content (AvgIpc) is 2.67. The van der Waals surface area contributed by atoms with E-state index in [4.69, 9.17) is 4.74 Å². The van der Waals surface area contributed by atoms with Crippen molar-refractivity contribution in [2.24, 2.45) is 0 Å². The Kier molecular flexibility index (Phi) is 4.92. The number of rotatable bonds is 2. The first-order chi connectivity index (χ1) is 14.1. The van der Waals surface area contributed by atoms with E-state index in [1.807, 2.05) is 19.0 Å². The van der Waals surface area contributed by atoms with Gasteiger partial charge < -0.3 is 25.0 Å². The summed E-state index contributed by atoms with van der Waals surface area (Å²) in [7, 11) is 3.74. The number of aliphatic hydroxyl groups is 1. The number of likely N-dealkylation sites (N-methyl/N-ethyl adjacent to an activating group) is 1. The summed E-state index contributed by atoms with van der Waals surface area (Å²) in [6, 6.07) is 5.65. The lowest BCUT2D eigenvalue weighted by molar-refractivity contribution is -0.142. The van der Waals surface area contributed by atoms with Crippen molar-refractivity contribution in [3.8, 4) is 11.5 Å². The second-order valence-corrected chi connectivity index (χ2v) is 8.36. The van der Waals surface area contributed by atoms with Crippen LogP contribution in [0.25, 0.3) is 0 Å². The summed E-state index contributed by atoms with van der Waals surface area (Å²) in [5.41, 5.74) is 1.28. The fourth-order valence-electron chi connectivity index (χ4n) is 4.59. The molecule has 0 amide bonds. The monoisotopic (exact) mass is 411 g/mol. The van der Waals surface area contributed by atoms with Gasteiger partial charge in [0.05, 0.1) is 23.9 Å². The van der Waals surface area contributed by atoms with E-state index in [1.54, 1.807) is 19.9 Å². The third-order valence-corrected chi connectivity index (χ3v) is 6.19. The summed E-state index contributed by atoms with van der Waals surface area (Å²) in [6.07, 6.45) is -1.25. The Hall–Kier alpha value is -2.74. The third kappa shape index (κ3) is 3.01. The highest BCUT2D eigenvalue weighted by molar-refractivity contribution is 6.30. The first-order valence-corrected chi connectivity index (χ1v) is 9.90. The molecule has 7 heteroatoms. The topological polar surface area (TPSA) is 107 Å². The van der Waals surface area contributed by atoms with Crippen LogP contribution in [-0.2, 0) is 4.74 Å². The summed E-state index contributed by atoms with van der Waals surface area (Å²) in [4.78, 5) is 28.1. The molecule has 1 fully saturated rings. The Bertz CT molecular complexity index is 1060. The number of carbonyl (C=O) groups is 2. The molecule has 1 heterocycles. The van der Waals surface area contributed by atoms with Gasteiger partial charge in [0.25, 0.3) is 0 Å². The first-order valence-electron chi connectivity index (χ1n) is 9.90. The van der Waals surface area contributed by atoms with Gasteiger partial charge in [-0.05, 0) is 58.1 Å². The van der Waals surface area contributed by atoms with Gasteiger partial charge in [0.2, 0.25) is 0 Å². The molecule has 0 bridgehead atoms. The summed E-state index contributed by atoms with van der Waals surface area (Å²) < 4.78 is 5.94. The number of ketones is 2. The van der Waals surface area contributed by atoms with Gasteiger partial charge in [0.1, 0.15) is 11.5 Å². The first kappa shape index (κ1) is 20.5. The van der Waals surface area contributed by atoms with Crippen molar-refractivity contribution >= 4 is 11.6 Å². The van der Waals surface area contributed by atoms with E-state index in [1.165, 1.54) is 18.2 Å². The zero-order valence-electron chi connectivity index (χ0n) is 17.3. The molecule has 0 aromatic heterocycles. The highest BCUT2D eigenvalue weighted by atomic mass is 16.5. The number of nitrogens with zero attached hydrogens (tertiary/aromatic N) is 1. The van der Waals surface area contributed by atoms with E-state index >= 15 is 0 Å². The molecule has 4 rings (SSSR count). The molecule has 3 N–H and O–H groups in total. The minimum Gasteiger partial charge on any atom is -0.508 e. The molecule has 0 saturated carbocycles. The molecule has 158 valence electrons. The number of ether oxygens (including phenoxy) is 1. The van der Waals surface area contributed by atoms with E-state index < -0.39 is 29.9 Å². The lowest BCUT2D eigenvalue weighted by Crippen LogP contribution is -2.50. The van der Waals surface area contributed by atoms with Crippen LogP contribution in [0.15, 0.2) is 24.3 Å². The predicted octanol–water partition coefficient (Wildman–Crippen LogP) is 2.32. The molecule has 7 nitrogen and oxygen atoms in total. The molecule has 2 aromatic rings. The zero-order chi connectivity index (χ0) is 21.9. The van der Waals surface area contributed by atoms with Gasteiger partial charge in [-0.15, -0.1) is 0 Å². The molecule has 1 saturated heterocycles. The smallest absolute Gasteiger partial charge is 0.198 e. The Morgan fingerprint density at radius 2 is 1.73 bits per heavy atom. The molecule has 2 aliphatic rings. The Morgan fingerprint density at radius 1 is 1.03 bits per heavy atom. The molecule has 30 heavy (non-hydrogen) atoms. The van der Waals surface area contributed by atoms with Gasteiger partial charge >= 0.3 is 0 Å². The van der Waals surface area contributed by atoms with Crippen molar-refractivity contribution in [2.75, 3.05) is 14.1 Å². The van der Waals surface area contributed by atoms with Crippen molar-refractivity contribution in [3.05, 3.63) is 57.6 Å². The number of fused-ring (bicyclic) bond motifs is 2. The summed E-state index contributed by atoms with van der Waals surface area (Å²) in [5, 5.41) is 31.3. The van der Waals surface area contributed by atoms with Crippen molar-refractivity contribution in [3.63, 3.8) is 0 Å². The lowest BCUT2D eigenvalue weighted by Gasteiger charge is -2.41. The van der Waals surface area contributed by atoms with E-state index in [0.29, 0.717) is 17.5 Å². The van der Waals surface area contributed by atoms with Gasteiger partial charge in [-0.1, -0.05) is 6.07 Å². The Labute approximate surface area is 174 Å². The van der Waals surface area contributed by atoms with E-state index in [2.05, 4.69) is 0 Å². The standard InChI is InChI=1S/C23H25NO6/c1-10-7-12(25)8-15-18(10)23(29)19-14(21(15)27)6-5-13(22(19)28)17-9-16(24(3)4)20(26)11(2)30-17/h5-8,11,16-17,20,25-26,28H,9H2,1-4H3/t11-,16-,17-,20-/m1/s1. The fraction of sp³-hybridized carbons (Fsp3) is 0.391. The molecule has 1 aliphatic carbocycles. The zero-order valence-corrected chi connectivity index (χ0v) is 17.3. The highest BCUT2D eigenvalue weighted by Crippen LogP contribution is 2.43. The van der Waals surface area contributed by atoms with Gasteiger partial charge in [0.15, 0.2) is 11.6 Å². The predicted molar refractivity (Wildman–Crippen MR) is 109 cm³/mol. The van der Waals surface area contributed by atoms with Crippen molar-refractivity contribution in [1.29, 1.82) is 0 Å². The Balaban J connectivity index is 1.81. The molecular formula is C23H25NO6. The summed E-state index contributed by atoms with van der Waals surface area (Å²) in [6.45, 7) is 3.41.